The molecule has 2 atom stereocenters. The maximum absolute atomic E-state index is 11.9. The summed E-state index contributed by atoms with van der Waals surface area (Å²) in [5.41, 5.74) is 0.713. The molecule has 0 bridgehead atoms. The van der Waals surface area contributed by atoms with Crippen LogP contribution in [-0.2, 0) is 16.1 Å². The number of carbonyl (C=O) groups excluding carboxylic acids is 2. The van der Waals surface area contributed by atoms with E-state index in [1.807, 2.05) is 0 Å². The van der Waals surface area contributed by atoms with Crippen LogP contribution < -0.4 is 0 Å². The second-order valence-electron chi connectivity index (χ2n) is 4.59. The van der Waals surface area contributed by atoms with Gasteiger partial charge >= 0.3 is 0 Å². The quantitative estimate of drug-likeness (QED) is 0.603. The second-order valence-corrected chi connectivity index (χ2v) is 4.98. The number of amides is 2. The third-order valence-electron chi connectivity index (χ3n) is 3.23. The van der Waals surface area contributed by atoms with Crippen molar-refractivity contribution in [3.05, 3.63) is 22.7 Å². The molecule has 18 heavy (non-hydrogen) atoms. The predicted molar refractivity (Wildman–Crippen MR) is 65.7 cm³/mol. The highest BCUT2D eigenvalue weighted by Gasteiger charge is 2.42. The Kier molecular flexibility index (Phi) is 3.34. The third-order valence-corrected chi connectivity index (χ3v) is 3.42. The van der Waals surface area contributed by atoms with Crippen molar-refractivity contribution >= 4 is 23.4 Å². The van der Waals surface area contributed by atoms with Gasteiger partial charge in [0.1, 0.15) is 11.0 Å². The first kappa shape index (κ1) is 13.0. The molecule has 1 aromatic heterocycles. The second kappa shape index (κ2) is 4.65. The number of hydrogen-bond acceptors (Lipinski definition) is 4. The van der Waals surface area contributed by atoms with Crippen molar-refractivity contribution in [3.63, 3.8) is 0 Å². The van der Waals surface area contributed by atoms with Gasteiger partial charge in [0, 0.05) is 17.5 Å². The van der Waals surface area contributed by atoms with Crippen molar-refractivity contribution < 1.29 is 9.59 Å². The van der Waals surface area contributed by atoms with Crippen LogP contribution in [0.4, 0.5) is 0 Å². The minimum atomic E-state index is -0.280. The standard InChI is InChI=1S/C12H14ClN3O2/c1-6-4-9(13)15-10(14-6)5-16-11(17)7(2)8(3)12(16)18/h4,7-8H,5H2,1-3H3. The van der Waals surface area contributed by atoms with Crippen molar-refractivity contribution in [2.75, 3.05) is 0 Å². The Hall–Kier alpha value is -1.49. The van der Waals surface area contributed by atoms with Crippen LogP contribution >= 0.6 is 11.6 Å². The van der Waals surface area contributed by atoms with Gasteiger partial charge in [-0.3, -0.25) is 14.5 Å². The van der Waals surface area contributed by atoms with Crippen LogP contribution in [-0.4, -0.2) is 26.7 Å². The SMILES string of the molecule is Cc1cc(Cl)nc(CN2C(=O)C(C)C(C)C2=O)n1. The van der Waals surface area contributed by atoms with E-state index < -0.39 is 0 Å². The predicted octanol–water partition coefficient (Wildman–Crippen LogP) is 1.58. The Morgan fingerprint density at radius 2 is 1.78 bits per heavy atom. The molecule has 2 unspecified atom stereocenters. The van der Waals surface area contributed by atoms with Gasteiger partial charge in [-0.1, -0.05) is 25.4 Å². The number of likely N-dealkylation sites (tertiary alicyclic amines) is 1. The molecule has 1 aliphatic heterocycles. The van der Waals surface area contributed by atoms with Gasteiger partial charge < -0.3 is 0 Å². The Labute approximate surface area is 110 Å². The van der Waals surface area contributed by atoms with E-state index in [4.69, 9.17) is 11.6 Å². The number of nitrogens with zero attached hydrogens (tertiary/aromatic N) is 3. The topological polar surface area (TPSA) is 63.2 Å². The fraction of sp³-hybridized carbons (Fsp3) is 0.500. The van der Waals surface area contributed by atoms with E-state index in [1.165, 1.54) is 4.90 Å². The number of carbonyl (C=O) groups is 2. The lowest BCUT2D eigenvalue weighted by Gasteiger charge is -2.13. The minimum absolute atomic E-state index is 0.0910. The summed E-state index contributed by atoms with van der Waals surface area (Å²) in [5.74, 6) is -0.513. The van der Waals surface area contributed by atoms with Gasteiger partial charge in [0.25, 0.3) is 0 Å². The molecule has 96 valence electrons. The van der Waals surface area contributed by atoms with E-state index >= 15 is 0 Å². The highest BCUT2D eigenvalue weighted by Crippen LogP contribution is 2.26. The van der Waals surface area contributed by atoms with Crippen LogP contribution in [0.25, 0.3) is 0 Å². The molecule has 6 heteroatoms. The number of rotatable bonds is 2. The molecular formula is C12H14ClN3O2. The lowest BCUT2D eigenvalue weighted by atomic mass is 10.00. The molecule has 0 aliphatic carbocycles. The van der Waals surface area contributed by atoms with Crippen LogP contribution in [0.5, 0.6) is 0 Å². The van der Waals surface area contributed by atoms with E-state index in [0.717, 1.165) is 0 Å². The third kappa shape index (κ3) is 2.22. The molecule has 1 saturated heterocycles. The molecule has 0 saturated carbocycles. The van der Waals surface area contributed by atoms with Crippen LogP contribution in [0.2, 0.25) is 5.15 Å². The highest BCUT2D eigenvalue weighted by molar-refractivity contribution is 6.29. The first-order valence-corrected chi connectivity index (χ1v) is 6.13. The first-order chi connectivity index (χ1) is 8.40. The monoisotopic (exact) mass is 267 g/mol. The van der Waals surface area contributed by atoms with Gasteiger partial charge in [0.15, 0.2) is 0 Å². The normalized spacial score (nSPS) is 23.9. The Morgan fingerprint density at radius 1 is 1.22 bits per heavy atom. The van der Waals surface area contributed by atoms with Crippen molar-refractivity contribution in [2.24, 2.45) is 11.8 Å². The fourth-order valence-electron chi connectivity index (χ4n) is 1.98. The van der Waals surface area contributed by atoms with Crippen molar-refractivity contribution in [2.45, 2.75) is 27.3 Å². The van der Waals surface area contributed by atoms with Gasteiger partial charge in [-0.05, 0) is 13.0 Å². The van der Waals surface area contributed by atoms with Gasteiger partial charge in [0.05, 0.1) is 6.54 Å². The van der Waals surface area contributed by atoms with Gasteiger partial charge in [0.2, 0.25) is 11.8 Å². The summed E-state index contributed by atoms with van der Waals surface area (Å²) in [7, 11) is 0. The van der Waals surface area contributed by atoms with Gasteiger partial charge in [-0.15, -0.1) is 0 Å². The summed E-state index contributed by atoms with van der Waals surface area (Å²) < 4.78 is 0. The average molecular weight is 268 g/mol. The van der Waals surface area contributed by atoms with Crippen LogP contribution in [0, 0.1) is 18.8 Å². The summed E-state index contributed by atoms with van der Waals surface area (Å²) in [6, 6.07) is 1.63. The summed E-state index contributed by atoms with van der Waals surface area (Å²) in [6.45, 7) is 5.40. The zero-order chi connectivity index (χ0) is 13.4. The Bertz CT molecular complexity index is 478. The molecule has 0 radical (unpaired) electrons. The molecule has 2 heterocycles. The zero-order valence-corrected chi connectivity index (χ0v) is 11.2. The largest absolute Gasteiger partial charge is 0.274 e. The molecule has 2 amide bonds. The molecule has 1 aliphatic rings. The van der Waals surface area contributed by atoms with Crippen molar-refractivity contribution in [1.82, 2.24) is 14.9 Å². The fourth-order valence-corrected chi connectivity index (χ4v) is 2.24. The minimum Gasteiger partial charge on any atom is -0.274 e. The number of aryl methyl sites for hydroxylation is 1. The average Bonchev–Trinajstić information content (AvgIpc) is 2.46. The van der Waals surface area contributed by atoms with E-state index in [1.54, 1.807) is 26.8 Å². The summed E-state index contributed by atoms with van der Waals surface area (Å²) in [4.78, 5) is 33.2. The molecular weight excluding hydrogens is 254 g/mol. The van der Waals surface area contributed by atoms with Crippen LogP contribution in [0.15, 0.2) is 6.07 Å². The van der Waals surface area contributed by atoms with Crippen molar-refractivity contribution in [3.8, 4) is 0 Å². The first-order valence-electron chi connectivity index (χ1n) is 5.75. The summed E-state index contributed by atoms with van der Waals surface area (Å²) in [6.07, 6.45) is 0. The molecule has 1 fully saturated rings. The van der Waals surface area contributed by atoms with E-state index in [2.05, 4.69) is 9.97 Å². The lowest BCUT2D eigenvalue weighted by molar-refractivity contribution is -0.140. The highest BCUT2D eigenvalue weighted by atomic mass is 35.5. The summed E-state index contributed by atoms with van der Waals surface area (Å²) in [5, 5.41) is 0.317. The summed E-state index contributed by atoms with van der Waals surface area (Å²) >= 11 is 5.83. The zero-order valence-electron chi connectivity index (χ0n) is 10.5. The number of hydrogen-bond donors (Lipinski definition) is 0. The number of aromatic nitrogens is 2. The number of halogens is 1. The number of imide groups is 1. The van der Waals surface area contributed by atoms with Crippen LogP contribution in [0.1, 0.15) is 25.4 Å². The smallest absolute Gasteiger partial charge is 0.233 e. The Morgan fingerprint density at radius 3 is 2.28 bits per heavy atom. The van der Waals surface area contributed by atoms with Crippen LogP contribution in [0.3, 0.4) is 0 Å². The molecule has 1 aromatic rings. The molecule has 2 rings (SSSR count). The van der Waals surface area contributed by atoms with E-state index in [0.29, 0.717) is 16.7 Å². The molecule has 0 N–H and O–H groups in total. The molecule has 5 nitrogen and oxygen atoms in total. The van der Waals surface area contributed by atoms with Crippen molar-refractivity contribution in [1.29, 1.82) is 0 Å². The maximum Gasteiger partial charge on any atom is 0.233 e. The maximum atomic E-state index is 11.9. The van der Waals surface area contributed by atoms with E-state index in [-0.39, 0.29) is 30.2 Å². The molecule has 0 aromatic carbocycles. The lowest BCUT2D eigenvalue weighted by Crippen LogP contribution is -2.31. The van der Waals surface area contributed by atoms with Gasteiger partial charge in [-0.25, -0.2) is 9.97 Å². The van der Waals surface area contributed by atoms with E-state index in [9.17, 15) is 9.59 Å². The van der Waals surface area contributed by atoms with Gasteiger partial charge in [-0.2, -0.15) is 0 Å². The molecule has 0 spiro atoms. The Balaban J connectivity index is 2.24.